The summed E-state index contributed by atoms with van der Waals surface area (Å²) in [4.78, 5) is 2.42. The van der Waals surface area contributed by atoms with E-state index in [9.17, 15) is 0 Å². The SMILES string of the molecule is c1ccc(-c2ccccc2N(c2cccc(-n3c4ccccc4c4ccccc43)c2)c2ccccc2-c2cccc3c2oc2c4ccccc4ccc32)cc1. The summed E-state index contributed by atoms with van der Waals surface area (Å²) < 4.78 is 9.31. The Labute approximate surface area is 318 Å². The van der Waals surface area contributed by atoms with Crippen molar-refractivity contribution in [2.75, 3.05) is 4.90 Å². The molecular weight excluding hydrogens is 669 g/mol. The van der Waals surface area contributed by atoms with E-state index in [0.29, 0.717) is 0 Å². The second-order valence-corrected chi connectivity index (χ2v) is 14.1. The van der Waals surface area contributed by atoms with Gasteiger partial charge in [0, 0.05) is 55.0 Å². The fourth-order valence-electron chi connectivity index (χ4n) is 8.54. The van der Waals surface area contributed by atoms with Crippen LogP contribution >= 0.6 is 0 Å². The van der Waals surface area contributed by atoms with Crippen LogP contribution in [0.3, 0.4) is 0 Å². The molecule has 3 nitrogen and oxygen atoms in total. The zero-order chi connectivity index (χ0) is 36.3. The number of fused-ring (bicyclic) bond motifs is 8. The molecular formula is C52H34N2O. The quantitative estimate of drug-likeness (QED) is 0.172. The molecule has 0 amide bonds. The first-order chi connectivity index (χ1) is 27.3. The van der Waals surface area contributed by atoms with Crippen LogP contribution in [0, 0.1) is 0 Å². The van der Waals surface area contributed by atoms with Gasteiger partial charge in [0.1, 0.15) is 11.2 Å². The molecule has 0 spiro atoms. The standard InChI is InChI=1S/C52H34N2O/c1-2-16-35(17-3-1)39-21-6-10-28-47(39)53(37-19-14-20-38(34-37)54-48-29-11-7-23-41(48)42-24-8-12-30-49(42)54)50-31-13-9-25-43(50)44-26-15-27-45-46-33-32-36-18-4-5-22-40(36)51(46)55-52(44)45/h1-34H. The molecule has 3 heteroatoms. The van der Waals surface area contributed by atoms with Gasteiger partial charge < -0.3 is 13.9 Å². The summed E-state index contributed by atoms with van der Waals surface area (Å²) >= 11 is 0. The minimum absolute atomic E-state index is 0.886. The van der Waals surface area contributed by atoms with Crippen molar-refractivity contribution in [2.45, 2.75) is 0 Å². The number of para-hydroxylation sites is 5. The summed E-state index contributed by atoms with van der Waals surface area (Å²) in [6.45, 7) is 0. The third-order valence-corrected chi connectivity index (χ3v) is 11.0. The Hall–Kier alpha value is -7.36. The van der Waals surface area contributed by atoms with Gasteiger partial charge >= 0.3 is 0 Å². The lowest BCUT2D eigenvalue weighted by molar-refractivity contribution is 0.674. The molecule has 0 aliphatic heterocycles. The molecule has 11 aromatic rings. The Balaban J connectivity index is 1.18. The normalized spacial score (nSPS) is 11.6. The van der Waals surface area contributed by atoms with Gasteiger partial charge in [0.25, 0.3) is 0 Å². The van der Waals surface area contributed by atoms with E-state index < -0.39 is 0 Å². The van der Waals surface area contributed by atoms with Crippen LogP contribution in [0.4, 0.5) is 17.1 Å². The number of aromatic nitrogens is 1. The summed E-state index contributed by atoms with van der Waals surface area (Å²) in [5.41, 5.74) is 12.9. The van der Waals surface area contributed by atoms with Crippen molar-refractivity contribution in [1.82, 2.24) is 4.57 Å². The van der Waals surface area contributed by atoms with Crippen LogP contribution in [0.5, 0.6) is 0 Å². The first kappa shape index (κ1) is 31.2. The molecule has 2 heterocycles. The van der Waals surface area contributed by atoms with Gasteiger partial charge in [0.2, 0.25) is 0 Å². The molecule has 0 saturated carbocycles. The minimum atomic E-state index is 0.886. The average molecular weight is 703 g/mol. The van der Waals surface area contributed by atoms with Crippen molar-refractivity contribution in [3.63, 3.8) is 0 Å². The van der Waals surface area contributed by atoms with Gasteiger partial charge in [-0.3, -0.25) is 0 Å². The van der Waals surface area contributed by atoms with Crippen LogP contribution in [0.25, 0.3) is 82.5 Å². The topological polar surface area (TPSA) is 21.3 Å². The molecule has 0 radical (unpaired) electrons. The number of anilines is 3. The zero-order valence-electron chi connectivity index (χ0n) is 29.9. The number of hydrogen-bond donors (Lipinski definition) is 0. The van der Waals surface area contributed by atoms with Gasteiger partial charge in [0.05, 0.1) is 22.4 Å². The molecule has 11 rings (SSSR count). The second-order valence-electron chi connectivity index (χ2n) is 14.1. The molecule has 0 N–H and O–H groups in total. The molecule has 258 valence electrons. The highest BCUT2D eigenvalue weighted by Gasteiger charge is 2.23. The average Bonchev–Trinajstić information content (AvgIpc) is 3.81. The van der Waals surface area contributed by atoms with Gasteiger partial charge in [-0.1, -0.05) is 158 Å². The lowest BCUT2D eigenvalue weighted by Crippen LogP contribution is -2.13. The van der Waals surface area contributed by atoms with Crippen molar-refractivity contribution in [3.8, 4) is 27.9 Å². The molecule has 0 aliphatic rings. The van der Waals surface area contributed by atoms with Crippen LogP contribution in [0.15, 0.2) is 211 Å². The van der Waals surface area contributed by atoms with E-state index in [4.69, 9.17) is 4.42 Å². The highest BCUT2D eigenvalue weighted by molar-refractivity contribution is 6.18. The molecule has 2 aromatic heterocycles. The Bertz CT molecular complexity index is 3170. The molecule has 0 aliphatic carbocycles. The van der Waals surface area contributed by atoms with Crippen molar-refractivity contribution in [3.05, 3.63) is 206 Å². The summed E-state index contributed by atoms with van der Waals surface area (Å²) in [6, 6.07) is 73.9. The summed E-state index contributed by atoms with van der Waals surface area (Å²) in [5, 5.41) is 7.01. The Morgan fingerprint density at radius 3 is 1.71 bits per heavy atom. The van der Waals surface area contributed by atoms with Gasteiger partial charge in [-0.25, -0.2) is 0 Å². The first-order valence-electron chi connectivity index (χ1n) is 18.8. The minimum Gasteiger partial charge on any atom is -0.455 e. The largest absolute Gasteiger partial charge is 0.455 e. The van der Waals surface area contributed by atoms with Gasteiger partial charge in [-0.15, -0.1) is 0 Å². The van der Waals surface area contributed by atoms with Crippen molar-refractivity contribution in [2.24, 2.45) is 0 Å². The smallest absolute Gasteiger partial charge is 0.143 e. The number of hydrogen-bond acceptors (Lipinski definition) is 2. The summed E-state index contributed by atoms with van der Waals surface area (Å²) in [6.07, 6.45) is 0. The van der Waals surface area contributed by atoms with E-state index >= 15 is 0 Å². The highest BCUT2D eigenvalue weighted by Crippen LogP contribution is 2.47. The maximum absolute atomic E-state index is 6.92. The zero-order valence-corrected chi connectivity index (χ0v) is 29.9. The summed E-state index contributed by atoms with van der Waals surface area (Å²) in [7, 11) is 0. The van der Waals surface area contributed by atoms with Crippen molar-refractivity contribution < 1.29 is 4.42 Å². The van der Waals surface area contributed by atoms with E-state index in [1.165, 1.54) is 27.2 Å². The molecule has 9 aromatic carbocycles. The number of furan rings is 1. The Morgan fingerprint density at radius 2 is 0.927 bits per heavy atom. The molecule has 0 saturated heterocycles. The van der Waals surface area contributed by atoms with Gasteiger partial charge in [0.15, 0.2) is 0 Å². The van der Waals surface area contributed by atoms with Crippen LogP contribution in [0.2, 0.25) is 0 Å². The number of nitrogens with zero attached hydrogens (tertiary/aromatic N) is 2. The van der Waals surface area contributed by atoms with Crippen molar-refractivity contribution in [1.29, 1.82) is 0 Å². The molecule has 55 heavy (non-hydrogen) atoms. The molecule has 0 atom stereocenters. The third kappa shape index (κ3) is 4.98. The predicted octanol–water partition coefficient (Wildman–Crippen LogP) is 14.6. The van der Waals surface area contributed by atoms with Crippen molar-refractivity contribution >= 4 is 71.6 Å². The molecule has 0 fully saturated rings. The molecule has 0 bridgehead atoms. The maximum Gasteiger partial charge on any atom is 0.143 e. The van der Waals surface area contributed by atoms with E-state index in [1.807, 2.05) is 0 Å². The van der Waals surface area contributed by atoms with Gasteiger partial charge in [-0.05, 0) is 59.5 Å². The first-order valence-corrected chi connectivity index (χ1v) is 18.8. The fraction of sp³-hybridized carbons (Fsp3) is 0. The molecule has 0 unspecified atom stereocenters. The Morgan fingerprint density at radius 1 is 0.364 bits per heavy atom. The van der Waals surface area contributed by atoms with Crippen LogP contribution in [-0.4, -0.2) is 4.57 Å². The maximum atomic E-state index is 6.92. The lowest BCUT2D eigenvalue weighted by Gasteiger charge is -2.30. The van der Waals surface area contributed by atoms with Crippen LogP contribution in [-0.2, 0) is 0 Å². The number of rotatable bonds is 6. The monoisotopic (exact) mass is 702 g/mol. The number of benzene rings is 9. The lowest BCUT2D eigenvalue weighted by atomic mass is 9.97. The van der Waals surface area contributed by atoms with E-state index in [0.717, 1.165) is 72.3 Å². The third-order valence-electron chi connectivity index (χ3n) is 11.0. The second kappa shape index (κ2) is 12.6. The summed E-state index contributed by atoms with van der Waals surface area (Å²) in [5.74, 6) is 0. The fourth-order valence-corrected chi connectivity index (χ4v) is 8.54. The van der Waals surface area contributed by atoms with E-state index in [-0.39, 0.29) is 0 Å². The van der Waals surface area contributed by atoms with E-state index in [2.05, 4.69) is 216 Å². The van der Waals surface area contributed by atoms with Gasteiger partial charge in [-0.2, -0.15) is 0 Å². The van der Waals surface area contributed by atoms with Crippen LogP contribution < -0.4 is 4.90 Å². The van der Waals surface area contributed by atoms with E-state index in [1.54, 1.807) is 0 Å². The Kier molecular flexibility index (Phi) is 7.17. The van der Waals surface area contributed by atoms with Crippen LogP contribution in [0.1, 0.15) is 0 Å². The highest BCUT2D eigenvalue weighted by atomic mass is 16.3. The predicted molar refractivity (Wildman–Crippen MR) is 231 cm³/mol.